The van der Waals surface area contributed by atoms with Crippen LogP contribution in [0.5, 0.6) is 5.75 Å². The van der Waals surface area contributed by atoms with Gasteiger partial charge in [-0.25, -0.2) is 9.18 Å². The van der Waals surface area contributed by atoms with Gasteiger partial charge in [0.2, 0.25) is 0 Å². The van der Waals surface area contributed by atoms with Crippen LogP contribution in [0.2, 0.25) is 0 Å². The van der Waals surface area contributed by atoms with Gasteiger partial charge in [-0.1, -0.05) is 5.16 Å². The molecule has 1 heterocycles. The number of hydrogen-bond acceptors (Lipinski definition) is 4. The van der Waals surface area contributed by atoms with E-state index in [-0.39, 0.29) is 11.5 Å². The lowest BCUT2D eigenvalue weighted by Gasteiger charge is -2.03. The molecule has 0 fully saturated rings. The smallest absolute Gasteiger partial charge is 0.358 e. The van der Waals surface area contributed by atoms with E-state index in [1.54, 1.807) is 0 Å². The van der Waals surface area contributed by atoms with E-state index in [4.69, 9.17) is 14.4 Å². The lowest BCUT2D eigenvalue weighted by atomic mass is 10.3. The van der Waals surface area contributed by atoms with Crippen LogP contribution in [-0.4, -0.2) is 22.8 Å². The summed E-state index contributed by atoms with van der Waals surface area (Å²) < 4.78 is 22.8. The number of carboxylic acids is 1. The van der Waals surface area contributed by atoms with Crippen LogP contribution in [0.4, 0.5) is 4.39 Å². The van der Waals surface area contributed by atoms with Gasteiger partial charge < -0.3 is 14.4 Å². The molecular formula is C12H10FNO4. The van der Waals surface area contributed by atoms with E-state index >= 15 is 0 Å². The van der Waals surface area contributed by atoms with Crippen molar-refractivity contribution in [3.05, 3.63) is 47.6 Å². The zero-order chi connectivity index (χ0) is 13.0. The summed E-state index contributed by atoms with van der Waals surface area (Å²) in [4.78, 5) is 10.6. The zero-order valence-electron chi connectivity index (χ0n) is 9.30. The van der Waals surface area contributed by atoms with E-state index in [1.165, 1.54) is 30.3 Å². The standard InChI is InChI=1S/C12H10FNO4/c13-8-1-3-9(4-2-8)17-6-5-10-7-11(12(15)16)14-18-10/h1-4,7H,5-6H2,(H,15,16). The summed E-state index contributed by atoms with van der Waals surface area (Å²) in [5.74, 6) is -0.503. The molecule has 0 spiro atoms. The predicted molar refractivity (Wildman–Crippen MR) is 59.1 cm³/mol. The molecule has 0 atom stereocenters. The summed E-state index contributed by atoms with van der Waals surface area (Å²) in [5.41, 5.74) is -0.133. The molecule has 0 aliphatic carbocycles. The average Bonchev–Trinajstić information content (AvgIpc) is 2.81. The molecule has 0 unspecified atom stereocenters. The van der Waals surface area contributed by atoms with Crippen molar-refractivity contribution in [2.45, 2.75) is 6.42 Å². The first-order valence-corrected chi connectivity index (χ1v) is 5.22. The monoisotopic (exact) mass is 251 g/mol. The molecule has 1 aromatic heterocycles. The van der Waals surface area contributed by atoms with Crippen molar-refractivity contribution in [3.63, 3.8) is 0 Å². The number of carbonyl (C=O) groups is 1. The molecule has 0 saturated heterocycles. The summed E-state index contributed by atoms with van der Waals surface area (Å²) in [5, 5.41) is 12.0. The maximum absolute atomic E-state index is 12.6. The number of rotatable bonds is 5. The number of halogens is 1. The van der Waals surface area contributed by atoms with E-state index in [1.807, 2.05) is 0 Å². The molecule has 6 heteroatoms. The van der Waals surface area contributed by atoms with Crippen molar-refractivity contribution < 1.29 is 23.6 Å². The fraction of sp³-hybridized carbons (Fsp3) is 0.167. The molecule has 0 saturated carbocycles. The van der Waals surface area contributed by atoms with Gasteiger partial charge in [0.25, 0.3) is 0 Å². The molecule has 0 bridgehead atoms. The highest BCUT2D eigenvalue weighted by Crippen LogP contribution is 2.12. The lowest BCUT2D eigenvalue weighted by Crippen LogP contribution is -2.00. The number of carboxylic acid groups (broad SMARTS) is 1. The minimum Gasteiger partial charge on any atom is -0.493 e. The van der Waals surface area contributed by atoms with Crippen molar-refractivity contribution in [1.82, 2.24) is 5.16 Å². The number of nitrogens with zero attached hydrogens (tertiary/aromatic N) is 1. The quantitative estimate of drug-likeness (QED) is 0.881. The van der Waals surface area contributed by atoms with Crippen molar-refractivity contribution in [1.29, 1.82) is 0 Å². The predicted octanol–water partition coefficient (Wildman–Crippen LogP) is 2.13. The van der Waals surface area contributed by atoms with E-state index in [9.17, 15) is 9.18 Å². The lowest BCUT2D eigenvalue weighted by molar-refractivity contribution is 0.0685. The summed E-state index contributed by atoms with van der Waals surface area (Å²) in [6, 6.07) is 6.96. The highest BCUT2D eigenvalue weighted by molar-refractivity contribution is 5.85. The van der Waals surface area contributed by atoms with Gasteiger partial charge in [-0.15, -0.1) is 0 Å². The Morgan fingerprint density at radius 1 is 1.39 bits per heavy atom. The first-order valence-electron chi connectivity index (χ1n) is 5.22. The molecule has 0 amide bonds. The Kier molecular flexibility index (Phi) is 3.57. The van der Waals surface area contributed by atoms with Crippen LogP contribution in [-0.2, 0) is 6.42 Å². The summed E-state index contributed by atoms with van der Waals surface area (Å²) in [6.07, 6.45) is 0.387. The molecule has 2 rings (SSSR count). The van der Waals surface area contributed by atoms with Gasteiger partial charge in [-0.2, -0.15) is 0 Å². The topological polar surface area (TPSA) is 72.6 Å². The molecule has 94 valence electrons. The molecule has 2 aromatic rings. The number of benzene rings is 1. The maximum atomic E-state index is 12.6. The van der Waals surface area contributed by atoms with E-state index in [0.29, 0.717) is 24.5 Å². The molecule has 18 heavy (non-hydrogen) atoms. The van der Waals surface area contributed by atoms with Crippen molar-refractivity contribution in [2.75, 3.05) is 6.61 Å². The Bertz CT molecular complexity index is 535. The molecule has 0 aliphatic heterocycles. The van der Waals surface area contributed by atoms with Crippen molar-refractivity contribution in [2.24, 2.45) is 0 Å². The summed E-state index contributed by atoms with van der Waals surface area (Å²) >= 11 is 0. The highest BCUT2D eigenvalue weighted by Gasteiger charge is 2.10. The van der Waals surface area contributed by atoms with Gasteiger partial charge in [0, 0.05) is 12.5 Å². The molecule has 1 N–H and O–H groups in total. The minimum absolute atomic E-state index is 0.133. The van der Waals surface area contributed by atoms with Gasteiger partial charge in [-0.05, 0) is 24.3 Å². The molecule has 5 nitrogen and oxygen atoms in total. The van der Waals surface area contributed by atoms with Crippen molar-refractivity contribution in [3.8, 4) is 5.75 Å². The normalized spacial score (nSPS) is 10.3. The van der Waals surface area contributed by atoms with Gasteiger partial charge in [-0.3, -0.25) is 0 Å². The second-order valence-electron chi connectivity index (χ2n) is 3.54. The minimum atomic E-state index is -1.13. The molecule has 0 radical (unpaired) electrons. The third-order valence-corrected chi connectivity index (χ3v) is 2.21. The summed E-state index contributed by atoms with van der Waals surface area (Å²) in [6.45, 7) is 0.292. The van der Waals surface area contributed by atoms with Crippen LogP contribution in [0.1, 0.15) is 16.2 Å². The third-order valence-electron chi connectivity index (χ3n) is 2.21. The number of hydrogen-bond donors (Lipinski definition) is 1. The van der Waals surface area contributed by atoms with E-state index in [2.05, 4.69) is 5.16 Å². The van der Waals surface area contributed by atoms with Gasteiger partial charge in [0.1, 0.15) is 17.3 Å². The van der Waals surface area contributed by atoms with Crippen LogP contribution in [0.15, 0.2) is 34.9 Å². The van der Waals surface area contributed by atoms with Gasteiger partial charge in [0.05, 0.1) is 6.61 Å². The Morgan fingerprint density at radius 2 is 2.11 bits per heavy atom. The maximum Gasteiger partial charge on any atom is 0.358 e. The van der Waals surface area contributed by atoms with Crippen LogP contribution < -0.4 is 4.74 Å². The highest BCUT2D eigenvalue weighted by atomic mass is 19.1. The Labute approximate surface area is 102 Å². The van der Waals surface area contributed by atoms with Crippen LogP contribution >= 0.6 is 0 Å². The first kappa shape index (κ1) is 12.1. The Hall–Kier alpha value is -2.37. The Morgan fingerprint density at radius 3 is 2.72 bits per heavy atom. The zero-order valence-corrected chi connectivity index (χ0v) is 9.30. The van der Waals surface area contributed by atoms with Crippen LogP contribution in [0, 0.1) is 5.82 Å². The fourth-order valence-electron chi connectivity index (χ4n) is 1.33. The number of ether oxygens (including phenoxy) is 1. The van der Waals surface area contributed by atoms with Gasteiger partial charge in [0.15, 0.2) is 5.69 Å². The second kappa shape index (κ2) is 5.31. The third kappa shape index (κ3) is 3.07. The summed E-state index contributed by atoms with van der Waals surface area (Å²) in [7, 11) is 0. The second-order valence-corrected chi connectivity index (χ2v) is 3.54. The first-order chi connectivity index (χ1) is 8.65. The van der Waals surface area contributed by atoms with Gasteiger partial charge >= 0.3 is 5.97 Å². The number of aromatic carboxylic acids is 1. The van der Waals surface area contributed by atoms with E-state index in [0.717, 1.165) is 0 Å². The molecule has 1 aromatic carbocycles. The fourth-order valence-corrected chi connectivity index (χ4v) is 1.33. The molecule has 0 aliphatic rings. The van der Waals surface area contributed by atoms with E-state index < -0.39 is 5.97 Å². The van der Waals surface area contributed by atoms with Crippen molar-refractivity contribution >= 4 is 5.97 Å². The average molecular weight is 251 g/mol. The Balaban J connectivity index is 1.84. The van der Waals surface area contributed by atoms with Crippen LogP contribution in [0.25, 0.3) is 0 Å². The number of aromatic nitrogens is 1. The molecular weight excluding hydrogens is 241 g/mol. The van der Waals surface area contributed by atoms with Crippen LogP contribution in [0.3, 0.4) is 0 Å². The SMILES string of the molecule is O=C(O)c1cc(CCOc2ccc(F)cc2)on1. The largest absolute Gasteiger partial charge is 0.493 e.